The second-order valence-electron chi connectivity index (χ2n) is 7.16. The van der Waals surface area contributed by atoms with Gasteiger partial charge in [0.25, 0.3) is 5.69 Å². The molecule has 32 heavy (non-hydrogen) atoms. The molecule has 4 rings (SSSR count). The third-order valence-corrected chi connectivity index (χ3v) is 5.07. The van der Waals surface area contributed by atoms with E-state index in [2.05, 4.69) is 10.3 Å². The Morgan fingerprint density at radius 3 is 2.41 bits per heavy atom. The molecule has 1 atom stereocenters. The zero-order valence-electron chi connectivity index (χ0n) is 16.9. The molecular formula is C23H18F2N4O3. The number of para-hydroxylation sites is 2. The van der Waals surface area contributed by atoms with Crippen LogP contribution in [0.15, 0.2) is 72.8 Å². The van der Waals surface area contributed by atoms with Crippen LogP contribution in [0.25, 0.3) is 11.0 Å². The number of hydrogen-bond donors (Lipinski definition) is 1. The third kappa shape index (κ3) is 3.92. The van der Waals surface area contributed by atoms with Crippen molar-refractivity contribution in [3.05, 3.63) is 99.9 Å². The molecule has 0 radical (unpaired) electrons. The number of nitrogens with one attached hydrogen (secondary N) is 1. The van der Waals surface area contributed by atoms with Crippen molar-refractivity contribution in [3.8, 4) is 0 Å². The number of fused-ring (bicyclic) bond motifs is 1. The van der Waals surface area contributed by atoms with Gasteiger partial charge >= 0.3 is 6.55 Å². The third-order valence-electron chi connectivity index (χ3n) is 5.07. The highest BCUT2D eigenvalue weighted by molar-refractivity contribution is 6.09. The molecule has 162 valence electrons. The van der Waals surface area contributed by atoms with Crippen molar-refractivity contribution < 1.29 is 18.5 Å². The highest BCUT2D eigenvalue weighted by Crippen LogP contribution is 2.32. The summed E-state index contributed by atoms with van der Waals surface area (Å²) in [7, 11) is 0. The van der Waals surface area contributed by atoms with Crippen molar-refractivity contribution in [2.24, 2.45) is 0 Å². The van der Waals surface area contributed by atoms with E-state index in [1.54, 1.807) is 55.5 Å². The summed E-state index contributed by atoms with van der Waals surface area (Å²) in [5, 5.41) is 14.6. The molecule has 3 aromatic carbocycles. The number of anilines is 1. The first-order chi connectivity index (χ1) is 15.4. The number of aromatic nitrogens is 2. The minimum Gasteiger partial charge on any atom is -0.370 e. The number of carbonyl (C=O) groups is 1. The maximum absolute atomic E-state index is 13.7. The first kappa shape index (κ1) is 21.1. The Morgan fingerprint density at radius 1 is 1.03 bits per heavy atom. The molecule has 0 unspecified atom stereocenters. The van der Waals surface area contributed by atoms with Crippen molar-refractivity contribution in [3.63, 3.8) is 0 Å². The quantitative estimate of drug-likeness (QED) is 0.227. The summed E-state index contributed by atoms with van der Waals surface area (Å²) in [6, 6.07) is 18.2. The topological polar surface area (TPSA) is 90.1 Å². The summed E-state index contributed by atoms with van der Waals surface area (Å²) in [4.78, 5) is 28.0. The Labute approximate surface area is 181 Å². The molecule has 0 aliphatic carbocycles. The molecule has 0 amide bonds. The summed E-state index contributed by atoms with van der Waals surface area (Å²) < 4.78 is 28.3. The van der Waals surface area contributed by atoms with Crippen LogP contribution in [0.3, 0.4) is 0 Å². The SMILES string of the molecule is C[C@@H](Nc1ccc(C(=O)c2ccccc2)cc1[N+](=O)[O-])c1nc2ccccc2n1C(F)F. The van der Waals surface area contributed by atoms with E-state index >= 15 is 0 Å². The average molecular weight is 436 g/mol. The van der Waals surface area contributed by atoms with Crippen molar-refractivity contribution in [2.45, 2.75) is 19.5 Å². The smallest absolute Gasteiger partial charge is 0.320 e. The lowest BCUT2D eigenvalue weighted by atomic mass is 10.0. The van der Waals surface area contributed by atoms with Crippen molar-refractivity contribution in [1.29, 1.82) is 0 Å². The number of benzene rings is 3. The van der Waals surface area contributed by atoms with Gasteiger partial charge in [-0.15, -0.1) is 0 Å². The van der Waals surface area contributed by atoms with Crippen LogP contribution < -0.4 is 5.32 Å². The summed E-state index contributed by atoms with van der Waals surface area (Å²) in [6.45, 7) is -1.24. The van der Waals surface area contributed by atoms with E-state index in [-0.39, 0.29) is 34.1 Å². The van der Waals surface area contributed by atoms with E-state index < -0.39 is 17.5 Å². The Morgan fingerprint density at radius 2 is 1.72 bits per heavy atom. The zero-order valence-corrected chi connectivity index (χ0v) is 16.9. The number of nitrogens with zero attached hydrogens (tertiary/aromatic N) is 3. The average Bonchev–Trinajstić information content (AvgIpc) is 3.19. The second kappa shape index (κ2) is 8.54. The minimum absolute atomic E-state index is 0.0416. The number of ketones is 1. The second-order valence-corrected chi connectivity index (χ2v) is 7.16. The lowest BCUT2D eigenvalue weighted by molar-refractivity contribution is -0.384. The van der Waals surface area contributed by atoms with E-state index in [1.165, 1.54) is 24.3 Å². The van der Waals surface area contributed by atoms with Gasteiger partial charge in [-0.25, -0.2) is 4.98 Å². The van der Waals surface area contributed by atoms with E-state index in [0.717, 1.165) is 4.57 Å². The lowest BCUT2D eigenvalue weighted by Crippen LogP contribution is -2.15. The monoisotopic (exact) mass is 436 g/mol. The fourth-order valence-corrected chi connectivity index (χ4v) is 3.57. The summed E-state index contributed by atoms with van der Waals surface area (Å²) in [5.74, 6) is -0.312. The van der Waals surface area contributed by atoms with Crippen LogP contribution in [0.5, 0.6) is 0 Å². The van der Waals surface area contributed by atoms with Gasteiger partial charge in [-0.3, -0.25) is 19.5 Å². The fraction of sp³-hybridized carbons (Fsp3) is 0.130. The van der Waals surface area contributed by atoms with Crippen LogP contribution in [0, 0.1) is 10.1 Å². The number of alkyl halides is 2. The molecule has 0 spiro atoms. The van der Waals surface area contributed by atoms with E-state index in [0.29, 0.717) is 11.1 Å². The van der Waals surface area contributed by atoms with Gasteiger partial charge in [0.2, 0.25) is 0 Å². The van der Waals surface area contributed by atoms with Crippen LogP contribution in [0.1, 0.15) is 41.3 Å². The van der Waals surface area contributed by atoms with E-state index in [1.807, 2.05) is 0 Å². The maximum Gasteiger partial charge on any atom is 0.320 e. The Hall–Kier alpha value is -4.14. The van der Waals surface area contributed by atoms with Gasteiger partial charge < -0.3 is 5.32 Å². The van der Waals surface area contributed by atoms with Gasteiger partial charge in [0.15, 0.2) is 5.78 Å². The number of nitro benzene ring substituents is 1. The minimum atomic E-state index is -2.83. The van der Waals surface area contributed by atoms with Crippen molar-refractivity contribution >= 4 is 28.2 Å². The fourth-order valence-electron chi connectivity index (χ4n) is 3.57. The van der Waals surface area contributed by atoms with Gasteiger partial charge in [-0.2, -0.15) is 8.78 Å². The molecule has 0 aliphatic rings. The molecule has 0 bridgehead atoms. The first-order valence-electron chi connectivity index (χ1n) is 9.76. The molecule has 7 nitrogen and oxygen atoms in total. The lowest BCUT2D eigenvalue weighted by Gasteiger charge is -2.17. The number of rotatable bonds is 7. The molecule has 9 heteroatoms. The predicted molar refractivity (Wildman–Crippen MR) is 116 cm³/mol. The normalized spacial score (nSPS) is 12.1. The van der Waals surface area contributed by atoms with E-state index in [9.17, 15) is 23.7 Å². The Kier molecular flexibility index (Phi) is 5.63. The number of halogens is 2. The number of hydrogen-bond acceptors (Lipinski definition) is 5. The molecule has 0 aliphatic heterocycles. The van der Waals surface area contributed by atoms with Crippen LogP contribution in [-0.2, 0) is 0 Å². The molecule has 0 fully saturated rings. The summed E-state index contributed by atoms with van der Waals surface area (Å²) in [5.41, 5.74) is 0.986. The summed E-state index contributed by atoms with van der Waals surface area (Å²) >= 11 is 0. The maximum atomic E-state index is 13.7. The number of imidazole rings is 1. The highest BCUT2D eigenvalue weighted by Gasteiger charge is 2.25. The van der Waals surface area contributed by atoms with Crippen LogP contribution >= 0.6 is 0 Å². The van der Waals surface area contributed by atoms with Crippen LogP contribution in [0.4, 0.5) is 20.2 Å². The Balaban J connectivity index is 1.69. The number of nitro groups is 1. The largest absolute Gasteiger partial charge is 0.370 e. The molecule has 1 aromatic heterocycles. The van der Waals surface area contributed by atoms with Crippen molar-refractivity contribution in [1.82, 2.24) is 9.55 Å². The van der Waals surface area contributed by atoms with Gasteiger partial charge in [-0.05, 0) is 31.2 Å². The van der Waals surface area contributed by atoms with Gasteiger partial charge in [0, 0.05) is 17.2 Å². The van der Waals surface area contributed by atoms with Crippen molar-refractivity contribution in [2.75, 3.05) is 5.32 Å². The van der Waals surface area contributed by atoms with E-state index in [4.69, 9.17) is 0 Å². The van der Waals surface area contributed by atoms with Gasteiger partial charge in [0.1, 0.15) is 11.5 Å². The zero-order chi connectivity index (χ0) is 22.8. The predicted octanol–water partition coefficient (Wildman–Crippen LogP) is 5.74. The molecule has 1 N–H and O–H groups in total. The van der Waals surface area contributed by atoms with Gasteiger partial charge in [0.05, 0.1) is 22.0 Å². The Bertz CT molecular complexity index is 1310. The molecule has 1 heterocycles. The molecule has 0 saturated carbocycles. The molecule has 0 saturated heterocycles. The van der Waals surface area contributed by atoms with Crippen LogP contribution in [0.2, 0.25) is 0 Å². The highest BCUT2D eigenvalue weighted by atomic mass is 19.3. The first-order valence-corrected chi connectivity index (χ1v) is 9.76. The molecule has 4 aromatic rings. The standard InChI is InChI=1S/C23H18F2N4O3/c1-14(22-27-17-9-5-6-10-19(17)28(22)23(24)25)26-18-12-11-16(13-20(18)29(31)32)21(30)15-7-3-2-4-8-15/h2-14,23,26H,1H3/t14-/m1/s1. The van der Waals surface area contributed by atoms with Crippen LogP contribution in [-0.4, -0.2) is 20.3 Å². The molecular weight excluding hydrogens is 418 g/mol. The summed E-state index contributed by atoms with van der Waals surface area (Å²) in [6.07, 6.45) is 0. The van der Waals surface area contributed by atoms with Gasteiger partial charge in [-0.1, -0.05) is 42.5 Å². The number of carbonyl (C=O) groups excluding carboxylic acids is 1.